The molecule has 0 radical (unpaired) electrons. The molecule has 0 aliphatic carbocycles. The van der Waals surface area contributed by atoms with Gasteiger partial charge >= 0.3 is 0 Å². The van der Waals surface area contributed by atoms with Crippen molar-refractivity contribution in [1.82, 2.24) is 0 Å². The third-order valence-corrected chi connectivity index (χ3v) is 4.06. The van der Waals surface area contributed by atoms with Gasteiger partial charge in [0.1, 0.15) is 11.5 Å². The molecule has 1 aliphatic rings. The number of hydrogen-bond acceptors (Lipinski definition) is 4. The van der Waals surface area contributed by atoms with E-state index in [0.717, 1.165) is 36.7 Å². The maximum absolute atomic E-state index is 9.18. The van der Waals surface area contributed by atoms with E-state index in [9.17, 15) is 5.11 Å². The third-order valence-electron chi connectivity index (χ3n) is 4.06. The van der Waals surface area contributed by atoms with Crippen molar-refractivity contribution in [2.24, 2.45) is 11.8 Å². The Balaban J connectivity index is 2.08. The van der Waals surface area contributed by atoms with Crippen LogP contribution in [-0.2, 0) is 0 Å². The van der Waals surface area contributed by atoms with Crippen molar-refractivity contribution in [3.05, 3.63) is 18.2 Å². The topological polar surface area (TPSA) is 41.9 Å². The highest BCUT2D eigenvalue weighted by molar-refractivity contribution is 5.62. The van der Waals surface area contributed by atoms with Crippen molar-refractivity contribution in [3.63, 3.8) is 0 Å². The number of ether oxygens (including phenoxy) is 2. The van der Waals surface area contributed by atoms with E-state index in [0.29, 0.717) is 11.8 Å². The standard InChI is InChI=1S/C16H25NO3/c1-12(11-18)8-13-6-7-17(10-13)15-9-14(19-2)4-5-16(15)20-3/h4-5,9,12-13,18H,6-8,10-11H2,1-3H3. The van der Waals surface area contributed by atoms with Crippen molar-refractivity contribution in [1.29, 1.82) is 0 Å². The summed E-state index contributed by atoms with van der Waals surface area (Å²) in [4.78, 5) is 2.36. The van der Waals surface area contributed by atoms with Crippen LogP contribution < -0.4 is 14.4 Å². The lowest BCUT2D eigenvalue weighted by Gasteiger charge is -2.22. The summed E-state index contributed by atoms with van der Waals surface area (Å²) in [5, 5.41) is 9.18. The van der Waals surface area contributed by atoms with Crippen molar-refractivity contribution < 1.29 is 14.6 Å². The van der Waals surface area contributed by atoms with E-state index in [2.05, 4.69) is 11.8 Å². The van der Waals surface area contributed by atoms with Gasteiger partial charge in [-0.3, -0.25) is 0 Å². The van der Waals surface area contributed by atoms with Gasteiger partial charge in [0, 0.05) is 25.8 Å². The van der Waals surface area contributed by atoms with Gasteiger partial charge in [0.2, 0.25) is 0 Å². The molecule has 4 nitrogen and oxygen atoms in total. The fourth-order valence-corrected chi connectivity index (χ4v) is 2.93. The van der Waals surface area contributed by atoms with Gasteiger partial charge in [-0.25, -0.2) is 0 Å². The molecule has 2 atom stereocenters. The lowest BCUT2D eigenvalue weighted by molar-refractivity contribution is 0.215. The Morgan fingerprint density at radius 2 is 2.15 bits per heavy atom. The number of hydrogen-bond donors (Lipinski definition) is 1. The van der Waals surface area contributed by atoms with Crippen LogP contribution >= 0.6 is 0 Å². The van der Waals surface area contributed by atoms with Gasteiger partial charge in [-0.2, -0.15) is 0 Å². The molecule has 0 spiro atoms. The first kappa shape index (κ1) is 15.0. The molecule has 1 aromatic rings. The average molecular weight is 279 g/mol. The van der Waals surface area contributed by atoms with E-state index in [4.69, 9.17) is 9.47 Å². The number of aliphatic hydroxyl groups excluding tert-OH is 1. The Bertz CT molecular complexity index is 436. The van der Waals surface area contributed by atoms with Gasteiger partial charge in [0.05, 0.1) is 19.9 Å². The van der Waals surface area contributed by atoms with E-state index in [1.54, 1.807) is 14.2 Å². The van der Waals surface area contributed by atoms with Crippen LogP contribution in [0.3, 0.4) is 0 Å². The van der Waals surface area contributed by atoms with Crippen molar-refractivity contribution >= 4 is 5.69 Å². The first-order chi connectivity index (χ1) is 9.67. The maximum Gasteiger partial charge on any atom is 0.142 e. The summed E-state index contributed by atoms with van der Waals surface area (Å²) >= 11 is 0. The maximum atomic E-state index is 9.18. The highest BCUT2D eigenvalue weighted by atomic mass is 16.5. The summed E-state index contributed by atoms with van der Waals surface area (Å²) in [6.07, 6.45) is 2.25. The lowest BCUT2D eigenvalue weighted by Crippen LogP contribution is -2.21. The van der Waals surface area contributed by atoms with Crippen LogP contribution in [0.25, 0.3) is 0 Å². The molecule has 0 aromatic heterocycles. The number of aliphatic hydroxyl groups is 1. The zero-order valence-corrected chi connectivity index (χ0v) is 12.6. The highest BCUT2D eigenvalue weighted by Gasteiger charge is 2.26. The van der Waals surface area contributed by atoms with Crippen LogP contribution in [0.2, 0.25) is 0 Å². The number of anilines is 1. The van der Waals surface area contributed by atoms with E-state index in [-0.39, 0.29) is 6.61 Å². The second kappa shape index (κ2) is 6.84. The van der Waals surface area contributed by atoms with Gasteiger partial charge in [-0.15, -0.1) is 0 Å². The molecular weight excluding hydrogens is 254 g/mol. The molecular formula is C16H25NO3. The monoisotopic (exact) mass is 279 g/mol. The quantitative estimate of drug-likeness (QED) is 0.869. The fraction of sp³-hybridized carbons (Fsp3) is 0.625. The third kappa shape index (κ3) is 3.37. The molecule has 2 rings (SSSR count). The summed E-state index contributed by atoms with van der Waals surface area (Å²) < 4.78 is 10.8. The Hall–Kier alpha value is -1.42. The largest absolute Gasteiger partial charge is 0.497 e. The number of methoxy groups -OCH3 is 2. The van der Waals surface area contributed by atoms with Crippen molar-refractivity contribution in [2.75, 3.05) is 38.8 Å². The minimum absolute atomic E-state index is 0.277. The molecule has 1 N–H and O–H groups in total. The Kier molecular flexibility index (Phi) is 5.12. The number of rotatable bonds is 6. The Morgan fingerprint density at radius 3 is 2.80 bits per heavy atom. The predicted octanol–water partition coefficient (Wildman–Crippen LogP) is 2.55. The molecule has 20 heavy (non-hydrogen) atoms. The van der Waals surface area contributed by atoms with Gasteiger partial charge in [-0.1, -0.05) is 6.92 Å². The van der Waals surface area contributed by atoms with Crippen molar-refractivity contribution in [3.8, 4) is 11.5 Å². The van der Waals surface area contributed by atoms with Crippen LogP contribution in [0.15, 0.2) is 18.2 Å². The van der Waals surface area contributed by atoms with Crippen LogP contribution in [-0.4, -0.2) is 39.0 Å². The van der Waals surface area contributed by atoms with E-state index in [1.165, 1.54) is 6.42 Å². The first-order valence-electron chi connectivity index (χ1n) is 7.25. The average Bonchev–Trinajstić information content (AvgIpc) is 2.94. The van der Waals surface area contributed by atoms with Crippen LogP contribution in [0.1, 0.15) is 19.8 Å². The SMILES string of the molecule is COc1ccc(OC)c(N2CCC(CC(C)CO)C2)c1. The second-order valence-electron chi connectivity index (χ2n) is 5.66. The molecule has 2 unspecified atom stereocenters. The summed E-state index contributed by atoms with van der Waals surface area (Å²) in [6.45, 7) is 4.44. The van der Waals surface area contributed by atoms with Crippen LogP contribution in [0.4, 0.5) is 5.69 Å². The minimum atomic E-state index is 0.277. The van der Waals surface area contributed by atoms with Gasteiger partial charge in [0.15, 0.2) is 0 Å². The zero-order chi connectivity index (χ0) is 14.5. The fourth-order valence-electron chi connectivity index (χ4n) is 2.93. The highest BCUT2D eigenvalue weighted by Crippen LogP contribution is 2.36. The summed E-state index contributed by atoms with van der Waals surface area (Å²) in [7, 11) is 3.38. The molecule has 1 saturated heterocycles. The van der Waals surface area contributed by atoms with E-state index in [1.807, 2.05) is 18.2 Å². The predicted molar refractivity (Wildman–Crippen MR) is 80.7 cm³/mol. The molecule has 1 fully saturated rings. The van der Waals surface area contributed by atoms with Gasteiger partial charge in [-0.05, 0) is 36.8 Å². The molecule has 0 saturated carbocycles. The molecule has 0 bridgehead atoms. The minimum Gasteiger partial charge on any atom is -0.497 e. The van der Waals surface area contributed by atoms with E-state index >= 15 is 0 Å². The summed E-state index contributed by atoms with van der Waals surface area (Å²) in [5.74, 6) is 2.77. The van der Waals surface area contributed by atoms with Gasteiger partial charge in [0.25, 0.3) is 0 Å². The molecule has 4 heteroatoms. The second-order valence-corrected chi connectivity index (χ2v) is 5.66. The zero-order valence-electron chi connectivity index (χ0n) is 12.6. The molecule has 112 valence electrons. The van der Waals surface area contributed by atoms with Crippen molar-refractivity contribution in [2.45, 2.75) is 19.8 Å². The van der Waals surface area contributed by atoms with Gasteiger partial charge < -0.3 is 19.5 Å². The summed E-state index contributed by atoms with van der Waals surface area (Å²) in [5.41, 5.74) is 1.10. The molecule has 0 amide bonds. The molecule has 1 aromatic carbocycles. The smallest absolute Gasteiger partial charge is 0.142 e. The lowest BCUT2D eigenvalue weighted by atomic mass is 9.96. The van der Waals surface area contributed by atoms with Crippen LogP contribution in [0.5, 0.6) is 11.5 Å². The molecule has 1 aliphatic heterocycles. The normalized spacial score (nSPS) is 20.0. The summed E-state index contributed by atoms with van der Waals surface area (Å²) in [6, 6.07) is 5.91. The Labute approximate surface area is 121 Å². The number of nitrogens with zero attached hydrogens (tertiary/aromatic N) is 1. The Morgan fingerprint density at radius 1 is 1.35 bits per heavy atom. The first-order valence-corrected chi connectivity index (χ1v) is 7.25. The number of benzene rings is 1. The molecule has 1 heterocycles. The van der Waals surface area contributed by atoms with Crippen LogP contribution in [0, 0.1) is 11.8 Å². The van der Waals surface area contributed by atoms with E-state index < -0.39 is 0 Å².